The summed E-state index contributed by atoms with van der Waals surface area (Å²) in [5.41, 5.74) is 0.637. The maximum absolute atomic E-state index is 12.8. The zero-order valence-electron chi connectivity index (χ0n) is 10.2. The molecule has 2 rings (SSSR count). The van der Waals surface area contributed by atoms with Crippen LogP contribution in [0.5, 0.6) is 0 Å². The number of halogens is 2. The zero-order valence-corrected chi connectivity index (χ0v) is 11.8. The van der Waals surface area contributed by atoms with E-state index < -0.39 is 5.97 Å². The fraction of sp³-hybridized carbons (Fsp3) is 0. The molecule has 0 fully saturated rings. The molecular weight excluding hydrogens is 299 g/mol. The molecule has 1 N–H and O–H groups in total. The van der Waals surface area contributed by atoms with Crippen LogP contribution < -0.4 is 0 Å². The Balaban J connectivity index is 2.16. The van der Waals surface area contributed by atoms with Gasteiger partial charge in [-0.05, 0) is 48.0 Å². The summed E-state index contributed by atoms with van der Waals surface area (Å²) in [7, 11) is 0. The molecule has 5 heteroatoms. The fourth-order valence-corrected chi connectivity index (χ4v) is 2.67. The highest BCUT2D eigenvalue weighted by atomic mass is 35.5. The number of aliphatic carboxylic acids is 1. The van der Waals surface area contributed by atoms with Crippen molar-refractivity contribution in [1.29, 1.82) is 0 Å². The van der Waals surface area contributed by atoms with E-state index in [1.54, 1.807) is 24.3 Å². The Bertz CT molecular complexity index is 653. The number of carbonyl (C=O) groups is 1. The highest BCUT2D eigenvalue weighted by Gasteiger charge is 2.02. The van der Waals surface area contributed by atoms with Crippen LogP contribution in [0.4, 0.5) is 4.39 Å². The lowest BCUT2D eigenvalue weighted by Crippen LogP contribution is -1.86. The van der Waals surface area contributed by atoms with E-state index >= 15 is 0 Å². The molecule has 0 aromatic heterocycles. The molecule has 0 bridgehead atoms. The molecule has 0 atom stereocenters. The molecule has 2 aromatic carbocycles. The molecule has 0 aliphatic heterocycles. The summed E-state index contributed by atoms with van der Waals surface area (Å²) in [6.45, 7) is 0. The SMILES string of the molecule is O=C(O)/C=C/c1ccc(Sc2ccc(F)cc2)cc1Cl. The lowest BCUT2D eigenvalue weighted by molar-refractivity contribution is -0.131. The van der Waals surface area contributed by atoms with Crippen LogP contribution in [0.1, 0.15) is 5.56 Å². The van der Waals surface area contributed by atoms with Crippen LogP contribution in [0.3, 0.4) is 0 Å². The van der Waals surface area contributed by atoms with Gasteiger partial charge in [-0.1, -0.05) is 29.4 Å². The first-order valence-electron chi connectivity index (χ1n) is 5.68. The van der Waals surface area contributed by atoms with Crippen LogP contribution in [0.2, 0.25) is 5.02 Å². The standard InChI is InChI=1S/C15H10ClFO2S/c16-14-9-13(5-1-10(14)2-8-15(18)19)20-12-6-3-11(17)4-7-12/h1-9H,(H,18,19)/b8-2+. The first-order chi connectivity index (χ1) is 9.54. The van der Waals surface area contributed by atoms with Crippen LogP contribution in [0.15, 0.2) is 58.3 Å². The van der Waals surface area contributed by atoms with Crippen molar-refractivity contribution in [2.75, 3.05) is 0 Å². The van der Waals surface area contributed by atoms with E-state index in [1.807, 2.05) is 6.07 Å². The summed E-state index contributed by atoms with van der Waals surface area (Å²) < 4.78 is 12.8. The summed E-state index contributed by atoms with van der Waals surface area (Å²) in [5, 5.41) is 9.04. The van der Waals surface area contributed by atoms with Gasteiger partial charge < -0.3 is 5.11 Å². The average molecular weight is 309 g/mol. The highest BCUT2D eigenvalue weighted by molar-refractivity contribution is 7.99. The summed E-state index contributed by atoms with van der Waals surface area (Å²) >= 11 is 7.54. The highest BCUT2D eigenvalue weighted by Crippen LogP contribution is 2.31. The van der Waals surface area contributed by atoms with Crippen molar-refractivity contribution in [3.8, 4) is 0 Å². The zero-order chi connectivity index (χ0) is 14.5. The predicted molar refractivity (Wildman–Crippen MR) is 78.6 cm³/mol. The van der Waals surface area contributed by atoms with Crippen molar-refractivity contribution in [3.05, 3.63) is 64.9 Å². The van der Waals surface area contributed by atoms with E-state index in [4.69, 9.17) is 16.7 Å². The van der Waals surface area contributed by atoms with Gasteiger partial charge in [-0.15, -0.1) is 0 Å². The largest absolute Gasteiger partial charge is 0.478 e. The lowest BCUT2D eigenvalue weighted by Gasteiger charge is -2.04. The Morgan fingerprint density at radius 1 is 1.15 bits per heavy atom. The third-order valence-electron chi connectivity index (χ3n) is 2.43. The van der Waals surface area contributed by atoms with Gasteiger partial charge in [0.25, 0.3) is 0 Å². The summed E-state index contributed by atoms with van der Waals surface area (Å²) in [4.78, 5) is 12.3. The number of carboxylic acid groups (broad SMARTS) is 1. The van der Waals surface area contributed by atoms with E-state index in [2.05, 4.69) is 0 Å². The molecule has 0 unspecified atom stereocenters. The molecule has 2 nitrogen and oxygen atoms in total. The van der Waals surface area contributed by atoms with Gasteiger partial charge >= 0.3 is 5.97 Å². The summed E-state index contributed by atoms with van der Waals surface area (Å²) in [6.07, 6.45) is 2.48. The maximum Gasteiger partial charge on any atom is 0.328 e. The van der Waals surface area contributed by atoms with Crippen molar-refractivity contribution < 1.29 is 14.3 Å². The molecule has 0 aliphatic rings. The van der Waals surface area contributed by atoms with Crippen LogP contribution in [-0.2, 0) is 4.79 Å². The van der Waals surface area contributed by atoms with E-state index in [-0.39, 0.29) is 5.82 Å². The minimum atomic E-state index is -1.02. The smallest absolute Gasteiger partial charge is 0.328 e. The fourth-order valence-electron chi connectivity index (χ4n) is 1.51. The van der Waals surface area contributed by atoms with Crippen LogP contribution in [-0.4, -0.2) is 11.1 Å². The van der Waals surface area contributed by atoms with E-state index in [9.17, 15) is 9.18 Å². The van der Waals surface area contributed by atoms with Crippen molar-refractivity contribution >= 4 is 35.4 Å². The van der Waals surface area contributed by atoms with Gasteiger partial charge in [-0.2, -0.15) is 0 Å². The van der Waals surface area contributed by atoms with E-state index in [0.717, 1.165) is 15.9 Å². The van der Waals surface area contributed by atoms with Gasteiger partial charge in [-0.25, -0.2) is 9.18 Å². The second-order valence-corrected chi connectivity index (χ2v) is 5.47. The molecule has 0 aliphatic carbocycles. The minimum absolute atomic E-state index is 0.276. The maximum atomic E-state index is 12.8. The van der Waals surface area contributed by atoms with Gasteiger partial charge in [0.15, 0.2) is 0 Å². The topological polar surface area (TPSA) is 37.3 Å². The van der Waals surface area contributed by atoms with Gasteiger partial charge in [0.1, 0.15) is 5.82 Å². The molecule has 102 valence electrons. The Morgan fingerprint density at radius 2 is 1.80 bits per heavy atom. The molecular formula is C15H10ClFO2S. The third-order valence-corrected chi connectivity index (χ3v) is 3.75. The number of benzene rings is 2. The number of hydrogen-bond acceptors (Lipinski definition) is 2. The first-order valence-corrected chi connectivity index (χ1v) is 6.88. The molecule has 0 spiro atoms. The van der Waals surface area contributed by atoms with Crippen LogP contribution in [0.25, 0.3) is 6.08 Å². The molecule has 0 saturated carbocycles. The number of carboxylic acids is 1. The van der Waals surface area contributed by atoms with Crippen LogP contribution >= 0.6 is 23.4 Å². The minimum Gasteiger partial charge on any atom is -0.478 e. The van der Waals surface area contributed by atoms with Gasteiger partial charge in [-0.3, -0.25) is 0 Å². The van der Waals surface area contributed by atoms with Crippen molar-refractivity contribution in [2.24, 2.45) is 0 Å². The Hall–Kier alpha value is -1.78. The van der Waals surface area contributed by atoms with Crippen molar-refractivity contribution in [1.82, 2.24) is 0 Å². The van der Waals surface area contributed by atoms with E-state index in [1.165, 1.54) is 30.0 Å². The normalized spacial score (nSPS) is 10.9. The Labute approximate surface area is 124 Å². The molecule has 0 radical (unpaired) electrons. The molecule has 0 amide bonds. The second-order valence-electron chi connectivity index (χ2n) is 3.91. The van der Waals surface area contributed by atoms with Gasteiger partial charge in [0, 0.05) is 20.9 Å². The van der Waals surface area contributed by atoms with E-state index in [0.29, 0.717) is 10.6 Å². The Kier molecular flexibility index (Phi) is 4.82. The molecule has 0 saturated heterocycles. The quantitative estimate of drug-likeness (QED) is 0.830. The van der Waals surface area contributed by atoms with Crippen molar-refractivity contribution in [2.45, 2.75) is 9.79 Å². The predicted octanol–water partition coefficient (Wildman–Crippen LogP) is 4.73. The second kappa shape index (κ2) is 6.59. The third kappa shape index (κ3) is 4.11. The van der Waals surface area contributed by atoms with Crippen molar-refractivity contribution in [3.63, 3.8) is 0 Å². The number of rotatable bonds is 4. The molecule has 20 heavy (non-hydrogen) atoms. The summed E-state index contributed by atoms with van der Waals surface area (Å²) in [6, 6.07) is 11.5. The first kappa shape index (κ1) is 14.6. The van der Waals surface area contributed by atoms with Crippen LogP contribution in [0, 0.1) is 5.82 Å². The van der Waals surface area contributed by atoms with Gasteiger partial charge in [0.05, 0.1) is 0 Å². The van der Waals surface area contributed by atoms with Gasteiger partial charge in [0.2, 0.25) is 0 Å². The number of hydrogen-bond donors (Lipinski definition) is 1. The monoisotopic (exact) mass is 308 g/mol. The molecule has 0 heterocycles. The Morgan fingerprint density at radius 3 is 2.40 bits per heavy atom. The summed E-state index contributed by atoms with van der Waals surface area (Å²) in [5.74, 6) is -1.30. The average Bonchev–Trinajstić information content (AvgIpc) is 2.40. The molecule has 2 aromatic rings. The lowest BCUT2D eigenvalue weighted by atomic mass is 10.2.